The predicted molar refractivity (Wildman–Crippen MR) is 93.0 cm³/mol. The molecule has 4 nitrogen and oxygen atoms in total. The molecule has 6 heteroatoms. The van der Waals surface area contributed by atoms with Gasteiger partial charge in [0.15, 0.2) is 10.3 Å². The molecule has 114 valence electrons. The van der Waals surface area contributed by atoms with Crippen molar-refractivity contribution < 1.29 is 0 Å². The quantitative estimate of drug-likeness (QED) is 0.848. The Morgan fingerprint density at radius 1 is 1.43 bits per heavy atom. The topological polar surface area (TPSA) is 40.0 Å². The van der Waals surface area contributed by atoms with Gasteiger partial charge in [0.05, 0.1) is 17.6 Å². The first-order chi connectivity index (χ1) is 10.1. The molecule has 2 atom stereocenters. The second kappa shape index (κ2) is 5.23. The molecule has 0 saturated heterocycles. The van der Waals surface area contributed by atoms with Crippen LogP contribution in [0, 0.1) is 0 Å². The number of hydrogen-bond donors (Lipinski definition) is 1. The molecule has 0 unspecified atom stereocenters. The Hall–Kier alpha value is -0.620. The van der Waals surface area contributed by atoms with Crippen LogP contribution in [0.2, 0.25) is 0 Å². The summed E-state index contributed by atoms with van der Waals surface area (Å²) in [5.41, 5.74) is 1.47. The fraction of sp³-hybridized carbons (Fsp3) is 0.733. The van der Waals surface area contributed by atoms with Crippen molar-refractivity contribution in [2.45, 2.75) is 57.2 Å². The Morgan fingerprint density at radius 2 is 2.29 bits per heavy atom. The Kier molecular flexibility index (Phi) is 3.49. The number of rotatable bonds is 2. The standard InChI is InChI=1S/C15H22N4S2/c1-15(2)9-16-13(18-15)20-7-10-8-21-14-17-11-5-3-4-6-12(11)19(10)14/h8,11-12H,3-7,9H2,1-2H3,(H,16,18)/t11-,12-/m1/s1. The maximum Gasteiger partial charge on any atom is 0.168 e. The van der Waals surface area contributed by atoms with Crippen LogP contribution in [0.5, 0.6) is 0 Å². The Bertz CT molecular complexity index is 538. The lowest BCUT2D eigenvalue weighted by Crippen LogP contribution is -2.39. The van der Waals surface area contributed by atoms with Gasteiger partial charge in [0.1, 0.15) is 0 Å². The van der Waals surface area contributed by atoms with Crippen molar-refractivity contribution >= 4 is 33.9 Å². The minimum Gasteiger partial charge on any atom is -0.362 e. The highest BCUT2D eigenvalue weighted by atomic mass is 32.2. The maximum absolute atomic E-state index is 4.92. The molecule has 1 saturated carbocycles. The van der Waals surface area contributed by atoms with Crippen molar-refractivity contribution in [3.63, 3.8) is 0 Å². The van der Waals surface area contributed by atoms with Gasteiger partial charge in [-0.3, -0.25) is 9.98 Å². The fourth-order valence-corrected chi connectivity index (χ4v) is 5.56. The predicted octanol–water partition coefficient (Wildman–Crippen LogP) is 3.03. The molecule has 1 fully saturated rings. The summed E-state index contributed by atoms with van der Waals surface area (Å²) in [7, 11) is 0. The van der Waals surface area contributed by atoms with Crippen LogP contribution in [0.1, 0.15) is 39.5 Å². The van der Waals surface area contributed by atoms with Crippen molar-refractivity contribution in [3.05, 3.63) is 11.1 Å². The minimum atomic E-state index is 0.0515. The van der Waals surface area contributed by atoms with Crippen molar-refractivity contribution in [1.82, 2.24) is 10.2 Å². The Labute approximate surface area is 134 Å². The first-order valence-corrected chi connectivity index (χ1v) is 9.68. The number of thioether (sulfide) groups is 2. The van der Waals surface area contributed by atoms with E-state index in [1.807, 2.05) is 23.5 Å². The van der Waals surface area contributed by atoms with Crippen molar-refractivity contribution in [1.29, 1.82) is 0 Å². The zero-order valence-electron chi connectivity index (χ0n) is 12.6. The second-order valence-corrected chi connectivity index (χ2v) is 8.60. The van der Waals surface area contributed by atoms with Gasteiger partial charge >= 0.3 is 0 Å². The average molecular weight is 323 g/mol. The molecule has 4 aliphatic rings. The number of amidine groups is 2. The summed E-state index contributed by atoms with van der Waals surface area (Å²) >= 11 is 3.64. The van der Waals surface area contributed by atoms with Gasteiger partial charge in [-0.25, -0.2) is 0 Å². The molecule has 0 amide bonds. The van der Waals surface area contributed by atoms with Gasteiger partial charge in [-0.15, -0.1) is 0 Å². The van der Waals surface area contributed by atoms with Crippen molar-refractivity contribution in [3.8, 4) is 0 Å². The highest BCUT2D eigenvalue weighted by molar-refractivity contribution is 8.17. The van der Waals surface area contributed by atoms with Crippen LogP contribution in [-0.2, 0) is 0 Å². The molecule has 3 heterocycles. The van der Waals surface area contributed by atoms with E-state index < -0.39 is 0 Å². The van der Waals surface area contributed by atoms with Gasteiger partial charge in [0.2, 0.25) is 0 Å². The Morgan fingerprint density at radius 3 is 3.10 bits per heavy atom. The molecule has 0 bridgehead atoms. The molecule has 0 spiro atoms. The lowest BCUT2D eigenvalue weighted by molar-refractivity contribution is 0.285. The number of nitrogens with one attached hydrogen (secondary N) is 1. The third kappa shape index (κ3) is 2.61. The molecule has 1 aliphatic carbocycles. The Balaban J connectivity index is 1.42. The number of nitrogens with zero attached hydrogens (tertiary/aromatic N) is 3. The van der Waals surface area contributed by atoms with Gasteiger partial charge in [0, 0.05) is 18.0 Å². The van der Waals surface area contributed by atoms with E-state index in [2.05, 4.69) is 29.5 Å². The molecule has 0 aromatic carbocycles. The summed E-state index contributed by atoms with van der Waals surface area (Å²) < 4.78 is 0. The first-order valence-electron chi connectivity index (χ1n) is 7.82. The minimum absolute atomic E-state index is 0.0515. The molecule has 3 aliphatic heterocycles. The summed E-state index contributed by atoms with van der Waals surface area (Å²) in [6, 6.07) is 1.18. The van der Waals surface area contributed by atoms with Crippen LogP contribution in [0.3, 0.4) is 0 Å². The van der Waals surface area contributed by atoms with E-state index in [4.69, 9.17) is 9.98 Å². The van der Waals surface area contributed by atoms with Crippen LogP contribution in [0.25, 0.3) is 0 Å². The zero-order chi connectivity index (χ0) is 14.4. The van der Waals surface area contributed by atoms with Crippen LogP contribution in [-0.4, -0.2) is 45.2 Å². The molecule has 0 aromatic rings. The summed E-state index contributed by atoms with van der Waals surface area (Å²) in [4.78, 5) is 12.2. The first kappa shape index (κ1) is 14.0. The van der Waals surface area contributed by atoms with Crippen LogP contribution in [0.15, 0.2) is 21.1 Å². The van der Waals surface area contributed by atoms with E-state index in [1.54, 1.807) is 0 Å². The van der Waals surface area contributed by atoms with E-state index in [0.717, 1.165) is 17.5 Å². The normalized spacial score (nSPS) is 33.0. The molecular formula is C15H22N4S2. The van der Waals surface area contributed by atoms with E-state index in [-0.39, 0.29) is 5.54 Å². The third-order valence-electron chi connectivity index (χ3n) is 4.55. The second-order valence-electron chi connectivity index (χ2n) is 6.80. The zero-order valence-corrected chi connectivity index (χ0v) is 14.3. The van der Waals surface area contributed by atoms with Gasteiger partial charge < -0.3 is 10.2 Å². The van der Waals surface area contributed by atoms with E-state index in [9.17, 15) is 0 Å². The van der Waals surface area contributed by atoms with Crippen molar-refractivity contribution in [2.75, 3.05) is 12.3 Å². The SMILES string of the molecule is CC1(C)CNC(SCC2=CSC3=N[C@@H]4CCCC[C@H]4N23)=N1. The monoisotopic (exact) mass is 322 g/mol. The van der Waals surface area contributed by atoms with Crippen LogP contribution >= 0.6 is 23.5 Å². The molecule has 4 rings (SSSR count). The van der Waals surface area contributed by atoms with Gasteiger partial charge in [0.25, 0.3) is 0 Å². The number of fused-ring (bicyclic) bond motifs is 3. The van der Waals surface area contributed by atoms with E-state index >= 15 is 0 Å². The number of aliphatic imine (C=N–C) groups is 2. The molecule has 1 N–H and O–H groups in total. The summed E-state index contributed by atoms with van der Waals surface area (Å²) in [5, 5.41) is 8.04. The summed E-state index contributed by atoms with van der Waals surface area (Å²) in [6.45, 7) is 5.30. The third-order valence-corrected chi connectivity index (χ3v) is 6.40. The molecule has 21 heavy (non-hydrogen) atoms. The molecular weight excluding hydrogens is 300 g/mol. The smallest absolute Gasteiger partial charge is 0.168 e. The molecule has 0 aromatic heterocycles. The van der Waals surface area contributed by atoms with Crippen molar-refractivity contribution in [2.24, 2.45) is 9.98 Å². The lowest BCUT2D eigenvalue weighted by atomic mass is 9.91. The lowest BCUT2D eigenvalue weighted by Gasteiger charge is -2.31. The molecule has 0 radical (unpaired) electrons. The van der Waals surface area contributed by atoms with Crippen LogP contribution in [0.4, 0.5) is 0 Å². The van der Waals surface area contributed by atoms with Gasteiger partial charge in [-0.05, 0) is 32.1 Å². The van der Waals surface area contributed by atoms with Gasteiger partial charge in [-0.2, -0.15) is 0 Å². The van der Waals surface area contributed by atoms with Gasteiger partial charge in [-0.1, -0.05) is 36.4 Å². The maximum atomic E-state index is 4.92. The van der Waals surface area contributed by atoms with E-state index in [0.29, 0.717) is 12.1 Å². The number of hydrogen-bond acceptors (Lipinski definition) is 6. The summed E-state index contributed by atoms with van der Waals surface area (Å²) in [6.07, 6.45) is 5.27. The summed E-state index contributed by atoms with van der Waals surface area (Å²) in [5.74, 6) is 0.997. The fourth-order valence-electron chi connectivity index (χ4n) is 3.46. The average Bonchev–Trinajstić information content (AvgIpc) is 3.10. The van der Waals surface area contributed by atoms with Crippen LogP contribution < -0.4 is 5.32 Å². The largest absolute Gasteiger partial charge is 0.362 e. The van der Waals surface area contributed by atoms with E-state index in [1.165, 1.54) is 36.5 Å². The highest BCUT2D eigenvalue weighted by Crippen LogP contribution is 2.41. The highest BCUT2D eigenvalue weighted by Gasteiger charge is 2.41.